The molecule has 1 N–H and O–H groups in total. The maximum atomic E-state index is 3.97. The van der Waals surface area contributed by atoms with Gasteiger partial charge in [0.25, 0.3) is 0 Å². The van der Waals surface area contributed by atoms with Crippen LogP contribution in [0.15, 0.2) is 12.2 Å². The fourth-order valence-corrected chi connectivity index (χ4v) is 1.40. The maximum absolute atomic E-state index is 3.97. The third kappa shape index (κ3) is 1.83. The molecule has 1 nitrogen and oxygen atoms in total. The Bertz CT molecular complexity index is 107. The zero-order valence-electron chi connectivity index (χ0n) is 6.11. The highest BCUT2D eigenvalue weighted by molar-refractivity contribution is 5.00. The second-order valence-corrected chi connectivity index (χ2v) is 2.83. The van der Waals surface area contributed by atoms with Crippen LogP contribution in [0.5, 0.6) is 0 Å². The Balaban J connectivity index is 2.32. The minimum absolute atomic E-state index is 0.714. The highest BCUT2D eigenvalue weighted by Crippen LogP contribution is 2.20. The summed E-state index contributed by atoms with van der Waals surface area (Å²) in [7, 11) is 2.03. The molecule has 0 aromatic carbocycles. The molecular formula is C8H15N. The summed E-state index contributed by atoms with van der Waals surface area (Å²) in [6, 6.07) is 0.714. The average Bonchev–Trinajstić information content (AvgIpc) is 1.88. The minimum atomic E-state index is 0.714. The second-order valence-electron chi connectivity index (χ2n) is 2.83. The van der Waals surface area contributed by atoms with Crippen molar-refractivity contribution in [1.29, 1.82) is 0 Å². The summed E-state index contributed by atoms with van der Waals surface area (Å²) in [5, 5.41) is 3.27. The Morgan fingerprint density at radius 1 is 1.67 bits per heavy atom. The van der Waals surface area contributed by atoms with E-state index in [0.29, 0.717) is 6.04 Å². The van der Waals surface area contributed by atoms with Gasteiger partial charge >= 0.3 is 0 Å². The van der Waals surface area contributed by atoms with E-state index < -0.39 is 0 Å². The fourth-order valence-electron chi connectivity index (χ4n) is 1.40. The molecule has 0 spiro atoms. The van der Waals surface area contributed by atoms with Gasteiger partial charge in [0, 0.05) is 6.04 Å². The zero-order valence-corrected chi connectivity index (χ0v) is 6.11. The number of hydrogen-bond donors (Lipinski definition) is 1. The van der Waals surface area contributed by atoms with E-state index in [2.05, 4.69) is 11.9 Å². The van der Waals surface area contributed by atoms with Crippen LogP contribution in [0.3, 0.4) is 0 Å². The molecule has 0 amide bonds. The van der Waals surface area contributed by atoms with Crippen LogP contribution in [0.2, 0.25) is 0 Å². The molecule has 1 saturated carbocycles. The van der Waals surface area contributed by atoms with Crippen LogP contribution in [0.25, 0.3) is 0 Å². The van der Waals surface area contributed by atoms with E-state index in [0.717, 1.165) is 0 Å². The molecule has 52 valence electrons. The monoisotopic (exact) mass is 125 g/mol. The van der Waals surface area contributed by atoms with Crippen molar-refractivity contribution >= 4 is 0 Å². The van der Waals surface area contributed by atoms with Crippen LogP contribution >= 0.6 is 0 Å². The fraction of sp³-hybridized carbons (Fsp3) is 0.750. The van der Waals surface area contributed by atoms with Crippen LogP contribution < -0.4 is 5.32 Å². The first kappa shape index (κ1) is 6.81. The number of nitrogens with one attached hydrogen (secondary N) is 1. The van der Waals surface area contributed by atoms with E-state index >= 15 is 0 Å². The SMILES string of the molecule is C=C1CCCC(NC)C1. The van der Waals surface area contributed by atoms with Gasteiger partial charge in [0.1, 0.15) is 0 Å². The number of hydrogen-bond acceptors (Lipinski definition) is 1. The first-order valence-corrected chi connectivity index (χ1v) is 3.67. The lowest BCUT2D eigenvalue weighted by molar-refractivity contribution is 0.456. The van der Waals surface area contributed by atoms with Gasteiger partial charge in [0.05, 0.1) is 0 Å². The molecule has 1 rings (SSSR count). The van der Waals surface area contributed by atoms with Gasteiger partial charge in [0.15, 0.2) is 0 Å². The van der Waals surface area contributed by atoms with Gasteiger partial charge in [0.2, 0.25) is 0 Å². The molecule has 1 aliphatic rings. The Labute approximate surface area is 57.1 Å². The van der Waals surface area contributed by atoms with Crippen molar-refractivity contribution in [3.8, 4) is 0 Å². The van der Waals surface area contributed by atoms with E-state index in [4.69, 9.17) is 0 Å². The van der Waals surface area contributed by atoms with E-state index in [1.165, 1.54) is 31.3 Å². The molecule has 0 aromatic rings. The predicted molar refractivity (Wildman–Crippen MR) is 40.5 cm³/mol. The number of rotatable bonds is 1. The summed E-state index contributed by atoms with van der Waals surface area (Å²) < 4.78 is 0. The van der Waals surface area contributed by atoms with Crippen LogP contribution in [-0.4, -0.2) is 13.1 Å². The smallest absolute Gasteiger partial charge is 0.0101 e. The summed E-state index contributed by atoms with van der Waals surface area (Å²) in [6.07, 6.45) is 5.09. The van der Waals surface area contributed by atoms with Gasteiger partial charge in [-0.15, -0.1) is 0 Å². The van der Waals surface area contributed by atoms with Gasteiger partial charge in [-0.05, 0) is 32.7 Å². The molecule has 1 unspecified atom stereocenters. The van der Waals surface area contributed by atoms with Gasteiger partial charge in [-0.1, -0.05) is 12.2 Å². The van der Waals surface area contributed by atoms with E-state index in [1.807, 2.05) is 7.05 Å². The molecular weight excluding hydrogens is 110 g/mol. The molecule has 1 heteroatoms. The van der Waals surface area contributed by atoms with Crippen molar-refractivity contribution in [2.75, 3.05) is 7.05 Å². The van der Waals surface area contributed by atoms with Crippen molar-refractivity contribution in [1.82, 2.24) is 5.32 Å². The molecule has 0 aliphatic heterocycles. The molecule has 0 radical (unpaired) electrons. The first-order chi connectivity index (χ1) is 4.33. The summed E-state index contributed by atoms with van der Waals surface area (Å²) in [5.74, 6) is 0. The lowest BCUT2D eigenvalue weighted by atomic mass is 9.92. The Kier molecular flexibility index (Phi) is 2.29. The summed E-state index contributed by atoms with van der Waals surface area (Å²) in [6.45, 7) is 3.97. The Morgan fingerprint density at radius 2 is 2.44 bits per heavy atom. The second kappa shape index (κ2) is 3.02. The molecule has 0 aromatic heterocycles. The van der Waals surface area contributed by atoms with Crippen molar-refractivity contribution in [3.05, 3.63) is 12.2 Å². The average molecular weight is 125 g/mol. The molecule has 0 saturated heterocycles. The summed E-state index contributed by atoms with van der Waals surface area (Å²) in [4.78, 5) is 0. The predicted octanol–water partition coefficient (Wildman–Crippen LogP) is 1.70. The van der Waals surface area contributed by atoms with Crippen LogP contribution in [-0.2, 0) is 0 Å². The van der Waals surface area contributed by atoms with Crippen molar-refractivity contribution < 1.29 is 0 Å². The molecule has 1 fully saturated rings. The third-order valence-electron chi connectivity index (χ3n) is 2.03. The molecule has 1 atom stereocenters. The molecule has 0 heterocycles. The highest BCUT2D eigenvalue weighted by Gasteiger charge is 2.12. The van der Waals surface area contributed by atoms with E-state index in [9.17, 15) is 0 Å². The first-order valence-electron chi connectivity index (χ1n) is 3.67. The van der Waals surface area contributed by atoms with Gasteiger partial charge in [-0.2, -0.15) is 0 Å². The Morgan fingerprint density at radius 3 is 2.89 bits per heavy atom. The zero-order chi connectivity index (χ0) is 6.69. The van der Waals surface area contributed by atoms with Crippen LogP contribution in [0.1, 0.15) is 25.7 Å². The van der Waals surface area contributed by atoms with Gasteiger partial charge in [-0.3, -0.25) is 0 Å². The van der Waals surface area contributed by atoms with E-state index in [1.54, 1.807) is 0 Å². The van der Waals surface area contributed by atoms with Crippen molar-refractivity contribution in [3.63, 3.8) is 0 Å². The highest BCUT2D eigenvalue weighted by atomic mass is 14.9. The molecule has 0 bridgehead atoms. The van der Waals surface area contributed by atoms with Crippen molar-refractivity contribution in [2.24, 2.45) is 0 Å². The lowest BCUT2D eigenvalue weighted by Crippen LogP contribution is -2.27. The van der Waals surface area contributed by atoms with Crippen LogP contribution in [0, 0.1) is 0 Å². The van der Waals surface area contributed by atoms with Crippen LogP contribution in [0.4, 0.5) is 0 Å². The van der Waals surface area contributed by atoms with E-state index in [-0.39, 0.29) is 0 Å². The minimum Gasteiger partial charge on any atom is -0.317 e. The quantitative estimate of drug-likeness (QED) is 0.526. The third-order valence-corrected chi connectivity index (χ3v) is 2.03. The summed E-state index contributed by atoms with van der Waals surface area (Å²) >= 11 is 0. The standard InChI is InChI=1S/C8H15N/c1-7-4-3-5-8(6-7)9-2/h8-9H,1,3-6H2,2H3. The Hall–Kier alpha value is -0.300. The molecule has 9 heavy (non-hydrogen) atoms. The topological polar surface area (TPSA) is 12.0 Å². The lowest BCUT2D eigenvalue weighted by Gasteiger charge is -2.22. The largest absolute Gasteiger partial charge is 0.317 e. The van der Waals surface area contributed by atoms with Crippen molar-refractivity contribution in [2.45, 2.75) is 31.7 Å². The summed E-state index contributed by atoms with van der Waals surface area (Å²) in [5.41, 5.74) is 1.42. The molecule has 1 aliphatic carbocycles. The normalized spacial score (nSPS) is 28.6. The maximum Gasteiger partial charge on any atom is 0.0101 e. The van der Waals surface area contributed by atoms with Gasteiger partial charge < -0.3 is 5.32 Å². The van der Waals surface area contributed by atoms with Gasteiger partial charge in [-0.25, -0.2) is 0 Å².